The van der Waals surface area contributed by atoms with E-state index in [-0.39, 0.29) is 0 Å². The van der Waals surface area contributed by atoms with Gasteiger partial charge in [0.25, 0.3) is 0 Å². The lowest BCUT2D eigenvalue weighted by Gasteiger charge is -2.18. The van der Waals surface area contributed by atoms with Gasteiger partial charge in [-0.25, -0.2) is 0 Å². The number of nitrogens with one attached hydrogen (secondary N) is 1. The summed E-state index contributed by atoms with van der Waals surface area (Å²) in [5, 5.41) is 7.38. The Labute approximate surface area is 193 Å². The Kier molecular flexibility index (Phi) is 7.13. The van der Waals surface area contributed by atoms with Crippen LogP contribution < -0.4 is 3.11 Å². The van der Waals surface area contributed by atoms with E-state index in [1.165, 1.54) is 27.8 Å². The van der Waals surface area contributed by atoms with Crippen molar-refractivity contribution in [2.24, 2.45) is 0 Å². The molecule has 0 bridgehead atoms. The molecule has 0 unspecified atom stereocenters. The minimum absolute atomic E-state index is 0.317. The van der Waals surface area contributed by atoms with Gasteiger partial charge in [0.2, 0.25) is 5.97 Å². The molecule has 0 saturated carbocycles. The first-order valence-electron chi connectivity index (χ1n) is 9.89. The number of halogens is 2. The van der Waals surface area contributed by atoms with Crippen LogP contribution in [0, 0.1) is 19.3 Å². The molecule has 3 rings (SSSR count). The van der Waals surface area contributed by atoms with Gasteiger partial charge in [0.15, 0.2) is 0 Å². The lowest BCUT2D eigenvalue weighted by Crippen LogP contribution is -2.06. The second kappa shape index (κ2) is 9.60. The molecule has 0 spiro atoms. The van der Waals surface area contributed by atoms with E-state index in [0.717, 1.165) is 23.2 Å². The summed E-state index contributed by atoms with van der Waals surface area (Å²) in [6, 6.07) is 21.2. The molecule has 0 saturated heterocycles. The van der Waals surface area contributed by atoms with E-state index in [1.54, 1.807) is 13.8 Å². The second-order valence-corrected chi connectivity index (χ2v) is 9.04. The standard InChI is InChI=1S/C25H25BFIN2/c1-16-9-17(2)11-22(10-16)19-6-4-5-18(12-19)13-21-8-7-20(14-24(21)30(3)28)23(15-26)25(27)29/h4-12,14-15,29H,13,26H2,1-3H3/b23-15-,29-25?. The van der Waals surface area contributed by atoms with Crippen LogP contribution in [0.4, 0.5) is 10.1 Å². The van der Waals surface area contributed by atoms with Crippen LogP contribution in [0.3, 0.4) is 0 Å². The summed E-state index contributed by atoms with van der Waals surface area (Å²) < 4.78 is 15.6. The lowest BCUT2D eigenvalue weighted by molar-refractivity contribution is 0.807. The van der Waals surface area contributed by atoms with Gasteiger partial charge < -0.3 is 3.11 Å². The van der Waals surface area contributed by atoms with Crippen molar-refractivity contribution in [2.45, 2.75) is 20.3 Å². The van der Waals surface area contributed by atoms with Crippen molar-refractivity contribution < 1.29 is 4.39 Å². The Morgan fingerprint density at radius 1 is 1.03 bits per heavy atom. The number of nitrogens with zero attached hydrogens (tertiary/aromatic N) is 1. The molecule has 0 fully saturated rings. The maximum atomic E-state index is 13.6. The van der Waals surface area contributed by atoms with Crippen LogP contribution in [0.25, 0.3) is 16.7 Å². The predicted octanol–water partition coefficient (Wildman–Crippen LogP) is 6.27. The van der Waals surface area contributed by atoms with E-state index >= 15 is 0 Å². The number of benzene rings is 3. The molecule has 0 aliphatic rings. The van der Waals surface area contributed by atoms with Crippen LogP contribution in [-0.4, -0.2) is 20.9 Å². The van der Waals surface area contributed by atoms with Crippen LogP contribution in [0.15, 0.2) is 66.6 Å². The van der Waals surface area contributed by atoms with E-state index in [2.05, 4.69) is 79.2 Å². The molecule has 0 radical (unpaired) electrons. The van der Waals surface area contributed by atoms with Crippen molar-refractivity contribution >= 4 is 47.9 Å². The summed E-state index contributed by atoms with van der Waals surface area (Å²) in [6.07, 6.45) is 0.778. The van der Waals surface area contributed by atoms with Crippen molar-refractivity contribution in [1.29, 1.82) is 5.41 Å². The molecule has 0 amide bonds. The van der Waals surface area contributed by atoms with Crippen LogP contribution in [-0.2, 0) is 6.42 Å². The summed E-state index contributed by atoms with van der Waals surface area (Å²) in [5.74, 6) is 0.732. The summed E-state index contributed by atoms with van der Waals surface area (Å²) in [5.41, 5.74) is 9.41. The molecule has 0 aliphatic carbocycles. The lowest BCUT2D eigenvalue weighted by atomic mass is 9.93. The van der Waals surface area contributed by atoms with Gasteiger partial charge in [-0.05, 0) is 54.2 Å². The van der Waals surface area contributed by atoms with Gasteiger partial charge in [0, 0.05) is 18.3 Å². The molecular weight excluding hydrogens is 485 g/mol. The Bertz CT molecular complexity index is 1100. The Balaban J connectivity index is 1.97. The monoisotopic (exact) mass is 510 g/mol. The Morgan fingerprint density at radius 3 is 2.33 bits per heavy atom. The highest BCUT2D eigenvalue weighted by atomic mass is 127. The zero-order valence-corrected chi connectivity index (χ0v) is 19.9. The average Bonchev–Trinajstić information content (AvgIpc) is 2.68. The third-order valence-electron chi connectivity index (χ3n) is 5.13. The number of allylic oxidation sites excluding steroid dienone is 1. The van der Waals surface area contributed by atoms with Crippen LogP contribution in [0.1, 0.15) is 27.8 Å². The molecule has 152 valence electrons. The molecule has 3 aromatic carbocycles. The largest absolute Gasteiger partial charge is 0.318 e. The highest BCUT2D eigenvalue weighted by molar-refractivity contribution is 14.1. The summed E-state index contributed by atoms with van der Waals surface area (Å²) >= 11 is 2.24. The number of rotatable bonds is 6. The maximum Gasteiger partial charge on any atom is 0.212 e. The van der Waals surface area contributed by atoms with Gasteiger partial charge in [0.1, 0.15) is 7.85 Å². The third kappa shape index (κ3) is 5.19. The number of hydrogen-bond acceptors (Lipinski definition) is 2. The fourth-order valence-electron chi connectivity index (χ4n) is 3.81. The first kappa shape index (κ1) is 22.3. The molecule has 0 heterocycles. The van der Waals surface area contributed by atoms with Crippen LogP contribution >= 0.6 is 22.9 Å². The molecule has 0 aromatic heterocycles. The van der Waals surface area contributed by atoms with Gasteiger partial charge in [-0.2, -0.15) is 4.39 Å². The van der Waals surface area contributed by atoms with Crippen molar-refractivity contribution in [2.75, 3.05) is 10.2 Å². The third-order valence-corrected chi connectivity index (χ3v) is 5.65. The van der Waals surface area contributed by atoms with Crippen molar-refractivity contribution in [3.63, 3.8) is 0 Å². The molecule has 0 atom stereocenters. The van der Waals surface area contributed by atoms with Crippen LogP contribution in [0.2, 0.25) is 0 Å². The zero-order chi connectivity index (χ0) is 21.8. The first-order chi connectivity index (χ1) is 14.3. The molecule has 0 aliphatic heterocycles. The van der Waals surface area contributed by atoms with Gasteiger partial charge in [-0.1, -0.05) is 65.7 Å². The van der Waals surface area contributed by atoms with Gasteiger partial charge in [0.05, 0.1) is 22.9 Å². The minimum atomic E-state index is -0.909. The van der Waals surface area contributed by atoms with Gasteiger partial charge >= 0.3 is 0 Å². The number of anilines is 1. The zero-order valence-electron chi connectivity index (χ0n) is 17.8. The van der Waals surface area contributed by atoms with Crippen molar-refractivity contribution in [1.82, 2.24) is 0 Å². The van der Waals surface area contributed by atoms with Crippen molar-refractivity contribution in [3.05, 3.63) is 94.5 Å². The average molecular weight is 510 g/mol. The molecule has 3 aromatic rings. The van der Waals surface area contributed by atoms with E-state index in [4.69, 9.17) is 5.41 Å². The highest BCUT2D eigenvalue weighted by Gasteiger charge is 2.13. The van der Waals surface area contributed by atoms with Crippen LogP contribution in [0.5, 0.6) is 0 Å². The quantitative estimate of drug-likeness (QED) is 0.180. The van der Waals surface area contributed by atoms with Gasteiger partial charge in [-0.15, -0.1) is 5.98 Å². The SMILES string of the molecule is B/C=C(\C(=N)F)c1ccc(Cc2cccc(-c3cc(C)cc(C)c3)c2)c(N(C)I)c1. The first-order valence-corrected chi connectivity index (χ1v) is 10.9. The van der Waals surface area contributed by atoms with E-state index in [1.807, 2.05) is 28.4 Å². The molecule has 1 N–H and O–H groups in total. The number of aryl methyl sites for hydroxylation is 2. The summed E-state index contributed by atoms with van der Waals surface area (Å²) in [7, 11) is 3.73. The molecule has 5 heteroatoms. The van der Waals surface area contributed by atoms with Crippen molar-refractivity contribution in [3.8, 4) is 11.1 Å². The van der Waals surface area contributed by atoms with E-state index < -0.39 is 5.97 Å². The number of hydrogen-bond donors (Lipinski definition) is 1. The molecule has 2 nitrogen and oxygen atoms in total. The smallest absolute Gasteiger partial charge is 0.212 e. The summed E-state index contributed by atoms with van der Waals surface area (Å²) in [4.78, 5) is 0. The molecular formula is C25H25BFIN2. The van der Waals surface area contributed by atoms with E-state index in [0.29, 0.717) is 5.57 Å². The predicted molar refractivity (Wildman–Crippen MR) is 138 cm³/mol. The Hall–Kier alpha value is -2.41. The topological polar surface area (TPSA) is 27.1 Å². The minimum Gasteiger partial charge on any atom is -0.318 e. The normalized spacial score (nSPS) is 11.4. The van der Waals surface area contributed by atoms with Gasteiger partial charge in [-0.3, -0.25) is 5.41 Å². The Morgan fingerprint density at radius 2 is 1.73 bits per heavy atom. The fraction of sp³-hybridized carbons (Fsp3) is 0.160. The highest BCUT2D eigenvalue weighted by Crippen LogP contribution is 2.31. The van der Waals surface area contributed by atoms with E-state index in [9.17, 15) is 4.39 Å². The summed E-state index contributed by atoms with van der Waals surface area (Å²) in [6.45, 7) is 4.25. The second-order valence-electron chi connectivity index (χ2n) is 7.59. The fourth-order valence-corrected chi connectivity index (χ4v) is 4.26. The molecule has 30 heavy (non-hydrogen) atoms. The maximum absolute atomic E-state index is 13.6.